The molecule has 0 N–H and O–H groups in total. The van der Waals surface area contributed by atoms with Crippen molar-refractivity contribution < 1.29 is 0 Å². The van der Waals surface area contributed by atoms with Gasteiger partial charge in [0.2, 0.25) is 0 Å². The van der Waals surface area contributed by atoms with E-state index in [-0.39, 0.29) is 0 Å². The van der Waals surface area contributed by atoms with E-state index < -0.39 is 0 Å². The van der Waals surface area contributed by atoms with Gasteiger partial charge in [-0.3, -0.25) is 0 Å². The summed E-state index contributed by atoms with van der Waals surface area (Å²) in [5, 5.41) is 0. The first-order valence-electron chi connectivity index (χ1n) is 7.10. The van der Waals surface area contributed by atoms with Gasteiger partial charge in [0.25, 0.3) is 0 Å². The van der Waals surface area contributed by atoms with Gasteiger partial charge in [0.05, 0.1) is 0 Å². The number of hydrogen-bond acceptors (Lipinski definition) is 1. The molecule has 0 heterocycles. The largest absolute Gasteiger partial charge is 0.371 e. The lowest BCUT2D eigenvalue weighted by atomic mass is 10.1. The Bertz CT molecular complexity index is 306. The first-order valence-corrected chi connectivity index (χ1v) is 7.10. The van der Waals surface area contributed by atoms with E-state index in [1.807, 2.05) is 0 Å². The third kappa shape index (κ3) is 4.80. The molecule has 0 aliphatic rings. The molecule has 1 rings (SSSR count). The van der Waals surface area contributed by atoms with Gasteiger partial charge < -0.3 is 4.90 Å². The third-order valence-electron chi connectivity index (χ3n) is 3.23. The molecule has 1 heteroatoms. The molecule has 0 saturated carbocycles. The van der Waals surface area contributed by atoms with Crippen molar-refractivity contribution in [1.29, 1.82) is 0 Å². The van der Waals surface area contributed by atoms with Crippen LogP contribution in [0.25, 0.3) is 0 Å². The zero-order valence-electron chi connectivity index (χ0n) is 11.7. The molecule has 0 atom stereocenters. The summed E-state index contributed by atoms with van der Waals surface area (Å²) in [5.74, 6) is 0. The average Bonchev–Trinajstić information content (AvgIpc) is 2.34. The summed E-state index contributed by atoms with van der Waals surface area (Å²) >= 11 is 0. The van der Waals surface area contributed by atoms with E-state index in [9.17, 15) is 0 Å². The van der Waals surface area contributed by atoms with Crippen LogP contribution in [0, 0.1) is 6.92 Å². The number of hydrogen-bond donors (Lipinski definition) is 0. The number of benzene rings is 1. The highest BCUT2D eigenvalue weighted by Gasteiger charge is 2.06. The summed E-state index contributed by atoms with van der Waals surface area (Å²) in [7, 11) is 0. The predicted molar refractivity (Wildman–Crippen MR) is 77.8 cm³/mol. The molecule has 0 fully saturated rings. The molecule has 0 radical (unpaired) electrons. The molecule has 0 saturated heterocycles. The van der Waals surface area contributed by atoms with Gasteiger partial charge in [-0.1, -0.05) is 51.3 Å². The van der Waals surface area contributed by atoms with E-state index in [4.69, 9.17) is 0 Å². The van der Waals surface area contributed by atoms with Crippen LogP contribution in [0.15, 0.2) is 24.3 Å². The maximum Gasteiger partial charge on any atom is 0.0395 e. The molecule has 1 aromatic rings. The fourth-order valence-corrected chi connectivity index (χ4v) is 2.27. The lowest BCUT2D eigenvalue weighted by Crippen LogP contribution is -2.25. The van der Waals surface area contributed by atoms with Crippen LogP contribution in [0.4, 0.5) is 5.69 Å². The Balaban J connectivity index is 2.56. The normalized spacial score (nSPS) is 10.5. The summed E-state index contributed by atoms with van der Waals surface area (Å²) in [6, 6.07) is 8.74. The van der Waals surface area contributed by atoms with Crippen molar-refractivity contribution in [1.82, 2.24) is 0 Å². The number of nitrogens with zero attached hydrogens (tertiary/aromatic N) is 1. The van der Waals surface area contributed by atoms with Crippen LogP contribution in [-0.4, -0.2) is 13.1 Å². The molecule has 0 spiro atoms. The zero-order valence-corrected chi connectivity index (χ0v) is 11.7. The number of para-hydroxylation sites is 1. The summed E-state index contributed by atoms with van der Waals surface area (Å²) < 4.78 is 0. The highest BCUT2D eigenvalue weighted by Crippen LogP contribution is 2.20. The minimum absolute atomic E-state index is 1.18. The summed E-state index contributed by atoms with van der Waals surface area (Å²) in [5.41, 5.74) is 2.82. The van der Waals surface area contributed by atoms with Crippen LogP contribution in [0.5, 0.6) is 0 Å². The minimum Gasteiger partial charge on any atom is -0.371 e. The third-order valence-corrected chi connectivity index (χ3v) is 3.23. The molecule has 0 bridgehead atoms. The number of anilines is 1. The van der Waals surface area contributed by atoms with Crippen molar-refractivity contribution in [2.75, 3.05) is 18.0 Å². The highest BCUT2D eigenvalue weighted by atomic mass is 15.1. The lowest BCUT2D eigenvalue weighted by Gasteiger charge is -2.26. The number of rotatable bonds is 8. The van der Waals surface area contributed by atoms with Gasteiger partial charge in [-0.2, -0.15) is 0 Å². The molecule has 17 heavy (non-hydrogen) atoms. The Morgan fingerprint density at radius 2 is 1.65 bits per heavy atom. The Morgan fingerprint density at radius 3 is 2.29 bits per heavy atom. The van der Waals surface area contributed by atoms with Crippen LogP contribution in [-0.2, 0) is 0 Å². The predicted octanol–water partition coefficient (Wildman–Crippen LogP) is 4.79. The van der Waals surface area contributed by atoms with E-state index in [1.54, 1.807) is 0 Å². The fraction of sp³-hybridized carbons (Fsp3) is 0.625. The van der Waals surface area contributed by atoms with Crippen molar-refractivity contribution in [3.8, 4) is 0 Å². The fourth-order valence-electron chi connectivity index (χ4n) is 2.27. The van der Waals surface area contributed by atoms with Crippen molar-refractivity contribution in [3.05, 3.63) is 29.8 Å². The van der Waals surface area contributed by atoms with Gasteiger partial charge in [-0.15, -0.1) is 0 Å². The summed E-state index contributed by atoms with van der Waals surface area (Å²) in [6.45, 7) is 9.13. The van der Waals surface area contributed by atoms with Crippen molar-refractivity contribution in [2.24, 2.45) is 0 Å². The van der Waals surface area contributed by atoms with Crippen LogP contribution in [0.1, 0.15) is 51.5 Å². The topological polar surface area (TPSA) is 3.24 Å². The van der Waals surface area contributed by atoms with Gasteiger partial charge in [-0.05, 0) is 31.4 Å². The second-order valence-corrected chi connectivity index (χ2v) is 4.83. The SMILES string of the molecule is CCCCCCN(CCC)c1ccccc1C. The monoisotopic (exact) mass is 233 g/mol. The summed E-state index contributed by atoms with van der Waals surface area (Å²) in [4.78, 5) is 2.55. The maximum absolute atomic E-state index is 2.55. The number of unbranched alkanes of at least 4 members (excludes halogenated alkanes) is 3. The average molecular weight is 233 g/mol. The Hall–Kier alpha value is -0.980. The van der Waals surface area contributed by atoms with E-state index in [2.05, 4.69) is 49.9 Å². The van der Waals surface area contributed by atoms with E-state index in [1.165, 1.54) is 56.4 Å². The highest BCUT2D eigenvalue weighted by molar-refractivity contribution is 5.52. The van der Waals surface area contributed by atoms with Gasteiger partial charge in [0, 0.05) is 18.8 Å². The van der Waals surface area contributed by atoms with Gasteiger partial charge in [0.15, 0.2) is 0 Å². The quantitative estimate of drug-likeness (QED) is 0.583. The lowest BCUT2D eigenvalue weighted by molar-refractivity contribution is 0.638. The van der Waals surface area contributed by atoms with Crippen LogP contribution in [0.2, 0.25) is 0 Å². The minimum atomic E-state index is 1.18. The van der Waals surface area contributed by atoms with E-state index in [0.717, 1.165) is 0 Å². The Morgan fingerprint density at radius 1 is 0.882 bits per heavy atom. The molecule has 1 nitrogen and oxygen atoms in total. The Labute approximate surface area is 107 Å². The smallest absolute Gasteiger partial charge is 0.0395 e. The van der Waals surface area contributed by atoms with Crippen molar-refractivity contribution in [3.63, 3.8) is 0 Å². The molecule has 0 unspecified atom stereocenters. The number of aryl methyl sites for hydroxylation is 1. The standard InChI is InChI=1S/C16H27N/c1-4-6-7-10-14-17(13-5-2)16-12-9-8-11-15(16)3/h8-9,11-12H,4-7,10,13-14H2,1-3H3. The molecule has 0 amide bonds. The molecular weight excluding hydrogens is 206 g/mol. The first kappa shape index (κ1) is 14.1. The van der Waals surface area contributed by atoms with Gasteiger partial charge >= 0.3 is 0 Å². The molecular formula is C16H27N. The van der Waals surface area contributed by atoms with E-state index >= 15 is 0 Å². The van der Waals surface area contributed by atoms with Crippen molar-refractivity contribution >= 4 is 5.69 Å². The van der Waals surface area contributed by atoms with Gasteiger partial charge in [0.1, 0.15) is 0 Å². The van der Waals surface area contributed by atoms with Crippen molar-refractivity contribution in [2.45, 2.75) is 52.9 Å². The maximum atomic E-state index is 2.55. The summed E-state index contributed by atoms with van der Waals surface area (Å²) in [6.07, 6.45) is 6.60. The zero-order chi connectivity index (χ0) is 12.5. The Kier molecular flexibility index (Phi) is 6.76. The molecule has 1 aromatic carbocycles. The van der Waals surface area contributed by atoms with Crippen LogP contribution in [0.3, 0.4) is 0 Å². The second-order valence-electron chi connectivity index (χ2n) is 4.83. The molecule has 0 aliphatic carbocycles. The van der Waals surface area contributed by atoms with E-state index in [0.29, 0.717) is 0 Å². The molecule has 0 aliphatic heterocycles. The first-order chi connectivity index (χ1) is 8.29. The van der Waals surface area contributed by atoms with Crippen LogP contribution >= 0.6 is 0 Å². The van der Waals surface area contributed by atoms with Crippen LogP contribution < -0.4 is 4.90 Å². The molecule has 0 aromatic heterocycles. The van der Waals surface area contributed by atoms with Gasteiger partial charge in [-0.25, -0.2) is 0 Å². The molecule has 96 valence electrons. The second kappa shape index (κ2) is 8.16.